The van der Waals surface area contributed by atoms with Crippen molar-refractivity contribution in [2.45, 2.75) is 0 Å². The molecule has 0 radical (unpaired) electrons. The molecule has 1 aliphatic heterocycles. The molecule has 1 amide bonds. The van der Waals surface area contributed by atoms with Crippen LogP contribution in [0.15, 0.2) is 30.0 Å². The van der Waals surface area contributed by atoms with Crippen molar-refractivity contribution in [3.05, 3.63) is 35.5 Å². The van der Waals surface area contributed by atoms with Crippen LogP contribution in [-0.2, 0) is 4.79 Å². The first-order chi connectivity index (χ1) is 8.00. The molecule has 2 rings (SSSR count). The molecule has 17 heavy (non-hydrogen) atoms. The standard InChI is InChI=1S/C12H12N2O2S/c1-13-10(11(16)14(2)12(13)17)7-8-3-5-9(15)6-4-8/h3-7,15H,1-2H3. The molecule has 0 unspecified atom stereocenters. The molecule has 1 fully saturated rings. The lowest BCUT2D eigenvalue weighted by atomic mass is 10.2. The van der Waals surface area contributed by atoms with Gasteiger partial charge in [-0.25, -0.2) is 0 Å². The molecular weight excluding hydrogens is 236 g/mol. The van der Waals surface area contributed by atoms with Crippen molar-refractivity contribution in [1.82, 2.24) is 9.80 Å². The second-order valence-electron chi connectivity index (χ2n) is 3.83. The Bertz CT molecular complexity index is 508. The van der Waals surface area contributed by atoms with Gasteiger partial charge in [0.25, 0.3) is 5.91 Å². The van der Waals surface area contributed by atoms with E-state index in [-0.39, 0.29) is 11.7 Å². The summed E-state index contributed by atoms with van der Waals surface area (Å²) in [6.45, 7) is 0. The molecule has 0 atom stereocenters. The summed E-state index contributed by atoms with van der Waals surface area (Å²) in [7, 11) is 3.41. The fraction of sp³-hybridized carbons (Fsp3) is 0.167. The van der Waals surface area contributed by atoms with E-state index in [1.807, 2.05) is 0 Å². The number of aromatic hydroxyl groups is 1. The topological polar surface area (TPSA) is 43.8 Å². The summed E-state index contributed by atoms with van der Waals surface area (Å²) in [5.41, 5.74) is 1.37. The number of rotatable bonds is 1. The largest absolute Gasteiger partial charge is 0.508 e. The van der Waals surface area contributed by atoms with Gasteiger partial charge in [-0.15, -0.1) is 0 Å². The monoisotopic (exact) mass is 248 g/mol. The highest BCUT2D eigenvalue weighted by molar-refractivity contribution is 7.80. The molecule has 1 saturated heterocycles. The number of carbonyl (C=O) groups is 1. The predicted octanol–water partition coefficient (Wildman–Crippen LogP) is 1.42. The van der Waals surface area contributed by atoms with Gasteiger partial charge in [0.2, 0.25) is 0 Å². The zero-order valence-corrected chi connectivity index (χ0v) is 10.4. The number of nitrogens with zero attached hydrogens (tertiary/aromatic N) is 2. The van der Waals surface area contributed by atoms with Crippen LogP contribution in [-0.4, -0.2) is 40.0 Å². The summed E-state index contributed by atoms with van der Waals surface area (Å²) < 4.78 is 0. The Kier molecular flexibility index (Phi) is 2.85. The molecule has 88 valence electrons. The number of benzene rings is 1. The van der Waals surface area contributed by atoms with Crippen LogP contribution >= 0.6 is 12.2 Å². The number of amides is 1. The average Bonchev–Trinajstić information content (AvgIpc) is 2.50. The Hall–Kier alpha value is -1.88. The molecular formula is C12H12N2O2S. The van der Waals surface area contributed by atoms with Crippen LogP contribution in [0.3, 0.4) is 0 Å². The molecule has 0 aromatic heterocycles. The van der Waals surface area contributed by atoms with E-state index in [9.17, 15) is 9.90 Å². The predicted molar refractivity (Wildman–Crippen MR) is 69.2 cm³/mol. The fourth-order valence-electron chi connectivity index (χ4n) is 1.62. The minimum absolute atomic E-state index is 0.120. The van der Waals surface area contributed by atoms with E-state index in [0.717, 1.165) is 5.56 Å². The van der Waals surface area contributed by atoms with Crippen LogP contribution in [0, 0.1) is 0 Å². The first-order valence-corrected chi connectivity index (χ1v) is 5.48. The van der Waals surface area contributed by atoms with Gasteiger partial charge in [-0.2, -0.15) is 0 Å². The van der Waals surface area contributed by atoms with Gasteiger partial charge in [0, 0.05) is 14.1 Å². The van der Waals surface area contributed by atoms with Gasteiger partial charge in [0.05, 0.1) is 0 Å². The lowest BCUT2D eigenvalue weighted by Gasteiger charge is -2.11. The number of hydrogen-bond donors (Lipinski definition) is 1. The van der Waals surface area contributed by atoms with E-state index in [0.29, 0.717) is 10.8 Å². The van der Waals surface area contributed by atoms with E-state index in [1.54, 1.807) is 49.3 Å². The van der Waals surface area contributed by atoms with E-state index >= 15 is 0 Å². The van der Waals surface area contributed by atoms with Crippen molar-refractivity contribution in [3.63, 3.8) is 0 Å². The van der Waals surface area contributed by atoms with E-state index in [1.165, 1.54) is 4.90 Å². The number of hydrogen-bond acceptors (Lipinski definition) is 3. The Balaban J connectivity index is 2.37. The average molecular weight is 248 g/mol. The molecule has 0 spiro atoms. The molecule has 1 heterocycles. The summed E-state index contributed by atoms with van der Waals surface area (Å²) in [5.74, 6) is 0.0801. The van der Waals surface area contributed by atoms with Crippen molar-refractivity contribution in [2.75, 3.05) is 14.1 Å². The zero-order chi connectivity index (χ0) is 12.6. The van der Waals surface area contributed by atoms with Crippen molar-refractivity contribution in [1.29, 1.82) is 0 Å². The molecule has 1 aliphatic rings. The van der Waals surface area contributed by atoms with E-state index < -0.39 is 0 Å². The summed E-state index contributed by atoms with van der Waals surface area (Å²) in [6.07, 6.45) is 1.75. The molecule has 1 aromatic carbocycles. The van der Waals surface area contributed by atoms with Crippen LogP contribution in [0.2, 0.25) is 0 Å². The summed E-state index contributed by atoms with van der Waals surface area (Å²) in [4.78, 5) is 15.0. The third kappa shape index (κ3) is 2.01. The molecule has 4 nitrogen and oxygen atoms in total. The van der Waals surface area contributed by atoms with Crippen LogP contribution in [0.4, 0.5) is 0 Å². The maximum atomic E-state index is 11.9. The number of phenols is 1. The van der Waals surface area contributed by atoms with Gasteiger partial charge in [-0.05, 0) is 36.0 Å². The summed E-state index contributed by atoms with van der Waals surface area (Å²) in [6, 6.07) is 6.64. The second-order valence-corrected chi connectivity index (χ2v) is 4.19. The van der Waals surface area contributed by atoms with Crippen molar-refractivity contribution in [3.8, 4) is 5.75 Å². The first kappa shape index (κ1) is 11.6. The first-order valence-electron chi connectivity index (χ1n) is 5.07. The van der Waals surface area contributed by atoms with Crippen molar-refractivity contribution < 1.29 is 9.90 Å². The Morgan fingerprint density at radius 2 is 1.76 bits per heavy atom. The number of thiocarbonyl (C=S) groups is 1. The van der Waals surface area contributed by atoms with Gasteiger partial charge in [-0.3, -0.25) is 9.69 Å². The van der Waals surface area contributed by atoms with E-state index in [4.69, 9.17) is 12.2 Å². The summed E-state index contributed by atoms with van der Waals surface area (Å²) in [5, 5.41) is 9.66. The SMILES string of the molecule is CN1C(=O)C(=Cc2ccc(O)cc2)N(C)C1=S. The minimum atomic E-state index is -0.120. The Morgan fingerprint density at radius 3 is 2.24 bits per heavy atom. The van der Waals surface area contributed by atoms with Crippen LogP contribution in [0.5, 0.6) is 5.75 Å². The third-order valence-electron chi connectivity index (χ3n) is 2.66. The smallest absolute Gasteiger partial charge is 0.276 e. The molecule has 0 saturated carbocycles. The van der Waals surface area contributed by atoms with Gasteiger partial charge >= 0.3 is 0 Å². The Labute approximate surface area is 105 Å². The van der Waals surface area contributed by atoms with Crippen LogP contribution in [0.1, 0.15) is 5.56 Å². The highest BCUT2D eigenvalue weighted by atomic mass is 32.1. The molecule has 5 heteroatoms. The highest BCUT2D eigenvalue weighted by Gasteiger charge is 2.32. The summed E-state index contributed by atoms with van der Waals surface area (Å²) >= 11 is 5.11. The number of carbonyl (C=O) groups excluding carboxylic acids is 1. The zero-order valence-electron chi connectivity index (χ0n) is 9.54. The minimum Gasteiger partial charge on any atom is -0.508 e. The number of likely N-dealkylation sites (N-methyl/N-ethyl adjacent to an activating group) is 2. The number of phenolic OH excluding ortho intramolecular Hbond substituents is 1. The molecule has 1 N–H and O–H groups in total. The molecule has 0 bridgehead atoms. The van der Waals surface area contributed by atoms with Crippen molar-refractivity contribution in [2.24, 2.45) is 0 Å². The van der Waals surface area contributed by atoms with Gasteiger partial charge in [0.15, 0.2) is 5.11 Å². The molecule has 0 aliphatic carbocycles. The van der Waals surface area contributed by atoms with Crippen molar-refractivity contribution >= 4 is 29.3 Å². The highest BCUT2D eigenvalue weighted by Crippen LogP contribution is 2.21. The quantitative estimate of drug-likeness (QED) is 0.603. The van der Waals surface area contributed by atoms with E-state index in [2.05, 4.69) is 0 Å². The fourth-order valence-corrected chi connectivity index (χ4v) is 1.80. The van der Waals surface area contributed by atoms with Crippen LogP contribution < -0.4 is 0 Å². The van der Waals surface area contributed by atoms with Gasteiger partial charge in [-0.1, -0.05) is 12.1 Å². The normalized spacial score (nSPS) is 18.4. The molecule has 1 aromatic rings. The Morgan fingerprint density at radius 1 is 1.18 bits per heavy atom. The maximum Gasteiger partial charge on any atom is 0.276 e. The third-order valence-corrected chi connectivity index (χ3v) is 3.20. The van der Waals surface area contributed by atoms with Crippen LogP contribution in [0.25, 0.3) is 6.08 Å². The van der Waals surface area contributed by atoms with Gasteiger partial charge < -0.3 is 10.0 Å². The van der Waals surface area contributed by atoms with Gasteiger partial charge in [0.1, 0.15) is 11.4 Å². The lowest BCUT2D eigenvalue weighted by molar-refractivity contribution is -0.121. The maximum absolute atomic E-state index is 11.9. The second kappa shape index (κ2) is 4.18. The lowest BCUT2D eigenvalue weighted by Crippen LogP contribution is -2.26.